The first-order valence-electron chi connectivity index (χ1n) is 8.91. The van der Waals surface area contributed by atoms with Gasteiger partial charge in [-0.1, -0.05) is 13.0 Å². The standard InChI is InChI=1S/C19H26N4O/c1-3-11-23-19(7-10-20-23)18-6-4-5-17(21-18)14-16-8-12-22(13-9-16)15(2)24/h4-7,10,16H,3,8-9,11-14H2,1-2H3. The number of nitrogens with zero attached hydrogens (tertiary/aromatic N) is 4. The molecule has 0 atom stereocenters. The Kier molecular flexibility index (Phi) is 5.28. The average Bonchev–Trinajstić information content (AvgIpc) is 3.04. The third-order valence-corrected chi connectivity index (χ3v) is 4.78. The van der Waals surface area contributed by atoms with E-state index in [1.807, 2.05) is 21.8 Å². The molecule has 1 saturated heterocycles. The van der Waals surface area contributed by atoms with Crippen LogP contribution in [0.3, 0.4) is 0 Å². The number of hydrogen-bond acceptors (Lipinski definition) is 3. The molecule has 1 fully saturated rings. The molecule has 0 bridgehead atoms. The van der Waals surface area contributed by atoms with Gasteiger partial charge in [0.1, 0.15) is 0 Å². The van der Waals surface area contributed by atoms with Crippen LogP contribution in [0.15, 0.2) is 30.5 Å². The molecule has 5 heteroatoms. The lowest BCUT2D eigenvalue weighted by Crippen LogP contribution is -2.37. The Hall–Kier alpha value is -2.17. The lowest BCUT2D eigenvalue weighted by atomic mass is 9.92. The number of amides is 1. The summed E-state index contributed by atoms with van der Waals surface area (Å²) < 4.78 is 2.03. The highest BCUT2D eigenvalue weighted by atomic mass is 16.2. The SMILES string of the molecule is CCCn1nccc1-c1cccc(CC2CCN(C(C)=O)CC2)n1. The number of likely N-dealkylation sites (tertiary alicyclic amines) is 1. The van der Waals surface area contributed by atoms with Crippen LogP contribution in [0, 0.1) is 5.92 Å². The van der Waals surface area contributed by atoms with Gasteiger partial charge in [-0.25, -0.2) is 0 Å². The Morgan fingerprint density at radius 2 is 2.04 bits per heavy atom. The van der Waals surface area contributed by atoms with Gasteiger partial charge in [-0.15, -0.1) is 0 Å². The minimum absolute atomic E-state index is 0.192. The Labute approximate surface area is 143 Å². The summed E-state index contributed by atoms with van der Waals surface area (Å²) in [5.74, 6) is 0.807. The summed E-state index contributed by atoms with van der Waals surface area (Å²) in [5.41, 5.74) is 3.22. The Morgan fingerprint density at radius 1 is 1.25 bits per heavy atom. The summed E-state index contributed by atoms with van der Waals surface area (Å²) >= 11 is 0. The highest BCUT2D eigenvalue weighted by Crippen LogP contribution is 2.23. The van der Waals surface area contributed by atoms with Gasteiger partial charge in [0, 0.05) is 38.4 Å². The molecule has 2 aromatic rings. The van der Waals surface area contributed by atoms with E-state index >= 15 is 0 Å². The van der Waals surface area contributed by atoms with E-state index in [4.69, 9.17) is 4.98 Å². The molecule has 0 aromatic carbocycles. The summed E-state index contributed by atoms with van der Waals surface area (Å²) in [4.78, 5) is 18.2. The molecule has 0 aliphatic carbocycles. The molecule has 0 spiro atoms. The van der Waals surface area contributed by atoms with Crippen molar-refractivity contribution in [3.63, 3.8) is 0 Å². The second-order valence-corrected chi connectivity index (χ2v) is 6.61. The van der Waals surface area contributed by atoms with Crippen LogP contribution in [0.1, 0.15) is 38.8 Å². The van der Waals surface area contributed by atoms with Crippen molar-refractivity contribution in [3.8, 4) is 11.4 Å². The third-order valence-electron chi connectivity index (χ3n) is 4.78. The van der Waals surface area contributed by atoms with E-state index in [9.17, 15) is 4.79 Å². The number of carbonyl (C=O) groups is 1. The highest BCUT2D eigenvalue weighted by molar-refractivity contribution is 5.73. The molecule has 2 aromatic heterocycles. The fourth-order valence-electron chi connectivity index (χ4n) is 3.42. The fraction of sp³-hybridized carbons (Fsp3) is 0.526. The van der Waals surface area contributed by atoms with Gasteiger partial charge in [0.15, 0.2) is 0 Å². The number of aryl methyl sites for hydroxylation is 1. The van der Waals surface area contributed by atoms with Gasteiger partial charge in [-0.05, 0) is 49.8 Å². The Bertz CT molecular complexity index is 686. The summed E-state index contributed by atoms with van der Waals surface area (Å²) in [6.07, 6.45) is 6.03. The molecule has 5 nitrogen and oxygen atoms in total. The van der Waals surface area contributed by atoms with Gasteiger partial charge < -0.3 is 4.90 Å². The number of aromatic nitrogens is 3. The topological polar surface area (TPSA) is 51.0 Å². The summed E-state index contributed by atoms with van der Waals surface area (Å²) in [5, 5.41) is 4.39. The van der Waals surface area contributed by atoms with Crippen LogP contribution in [-0.2, 0) is 17.8 Å². The summed E-state index contributed by atoms with van der Waals surface area (Å²) in [7, 11) is 0. The van der Waals surface area contributed by atoms with Gasteiger partial charge >= 0.3 is 0 Å². The van der Waals surface area contributed by atoms with E-state index in [-0.39, 0.29) is 5.91 Å². The molecule has 0 radical (unpaired) electrons. The molecule has 1 aliphatic rings. The predicted octanol–water partition coefficient (Wildman–Crippen LogP) is 3.16. The smallest absolute Gasteiger partial charge is 0.219 e. The Morgan fingerprint density at radius 3 is 2.75 bits per heavy atom. The van der Waals surface area contributed by atoms with Crippen molar-refractivity contribution in [2.24, 2.45) is 5.92 Å². The van der Waals surface area contributed by atoms with Gasteiger partial charge in [-0.2, -0.15) is 5.10 Å². The van der Waals surface area contributed by atoms with Crippen molar-refractivity contribution in [2.75, 3.05) is 13.1 Å². The van der Waals surface area contributed by atoms with Crippen LogP contribution in [-0.4, -0.2) is 38.7 Å². The lowest BCUT2D eigenvalue weighted by Gasteiger charge is -2.31. The van der Waals surface area contributed by atoms with Crippen LogP contribution in [0.25, 0.3) is 11.4 Å². The van der Waals surface area contributed by atoms with E-state index in [1.54, 1.807) is 6.92 Å². The van der Waals surface area contributed by atoms with Gasteiger partial charge in [0.25, 0.3) is 0 Å². The largest absolute Gasteiger partial charge is 0.343 e. The van der Waals surface area contributed by atoms with Gasteiger partial charge in [0.2, 0.25) is 5.91 Å². The first kappa shape index (κ1) is 16.7. The van der Waals surface area contributed by atoms with E-state index in [0.717, 1.165) is 62.4 Å². The maximum atomic E-state index is 11.4. The summed E-state index contributed by atoms with van der Waals surface area (Å²) in [6, 6.07) is 8.30. The molecule has 3 heterocycles. The van der Waals surface area contributed by atoms with Crippen LogP contribution in [0.4, 0.5) is 0 Å². The maximum Gasteiger partial charge on any atom is 0.219 e. The first-order chi connectivity index (χ1) is 11.7. The lowest BCUT2D eigenvalue weighted by molar-refractivity contribution is -0.130. The molecule has 0 unspecified atom stereocenters. The molecule has 0 N–H and O–H groups in total. The molecule has 0 saturated carbocycles. The maximum absolute atomic E-state index is 11.4. The molecule has 3 rings (SSSR count). The van der Waals surface area contributed by atoms with Crippen molar-refractivity contribution in [2.45, 2.75) is 46.1 Å². The number of pyridine rings is 1. The highest BCUT2D eigenvalue weighted by Gasteiger charge is 2.21. The first-order valence-corrected chi connectivity index (χ1v) is 8.91. The van der Waals surface area contributed by atoms with E-state index in [2.05, 4.69) is 30.2 Å². The quantitative estimate of drug-likeness (QED) is 0.848. The summed E-state index contributed by atoms with van der Waals surface area (Å²) in [6.45, 7) is 6.48. The fourth-order valence-corrected chi connectivity index (χ4v) is 3.42. The van der Waals surface area contributed by atoms with Crippen LogP contribution in [0.2, 0.25) is 0 Å². The van der Waals surface area contributed by atoms with Crippen LogP contribution >= 0.6 is 0 Å². The second kappa shape index (κ2) is 7.60. The third kappa shape index (κ3) is 3.83. The minimum Gasteiger partial charge on any atom is -0.343 e. The van der Waals surface area contributed by atoms with Crippen molar-refractivity contribution in [3.05, 3.63) is 36.2 Å². The van der Waals surface area contributed by atoms with Crippen molar-refractivity contribution < 1.29 is 4.79 Å². The zero-order valence-electron chi connectivity index (χ0n) is 14.6. The van der Waals surface area contributed by atoms with Crippen molar-refractivity contribution in [1.29, 1.82) is 0 Å². The zero-order chi connectivity index (χ0) is 16.9. The number of carbonyl (C=O) groups excluding carboxylic acids is 1. The van der Waals surface area contributed by atoms with E-state index in [1.165, 1.54) is 0 Å². The van der Waals surface area contributed by atoms with E-state index in [0.29, 0.717) is 5.92 Å². The van der Waals surface area contributed by atoms with E-state index < -0.39 is 0 Å². The molecular formula is C19H26N4O. The van der Waals surface area contributed by atoms with Gasteiger partial charge in [0.05, 0.1) is 11.4 Å². The molecule has 1 amide bonds. The van der Waals surface area contributed by atoms with Crippen molar-refractivity contribution in [1.82, 2.24) is 19.7 Å². The minimum atomic E-state index is 0.192. The molecule has 128 valence electrons. The number of piperidine rings is 1. The Balaban J connectivity index is 1.68. The number of hydrogen-bond donors (Lipinski definition) is 0. The van der Waals surface area contributed by atoms with Crippen LogP contribution < -0.4 is 0 Å². The van der Waals surface area contributed by atoms with Crippen molar-refractivity contribution >= 4 is 5.91 Å². The molecular weight excluding hydrogens is 300 g/mol. The second-order valence-electron chi connectivity index (χ2n) is 6.61. The monoisotopic (exact) mass is 326 g/mol. The molecule has 24 heavy (non-hydrogen) atoms. The zero-order valence-corrected chi connectivity index (χ0v) is 14.6. The number of rotatable bonds is 5. The normalized spacial score (nSPS) is 15.7. The predicted molar refractivity (Wildman–Crippen MR) is 94.4 cm³/mol. The van der Waals surface area contributed by atoms with Gasteiger partial charge in [-0.3, -0.25) is 14.5 Å². The average molecular weight is 326 g/mol. The van der Waals surface area contributed by atoms with Crippen LogP contribution in [0.5, 0.6) is 0 Å². The molecule has 1 aliphatic heterocycles.